The molecule has 104 valence electrons. The monoisotopic (exact) mass is 256 g/mol. The van der Waals surface area contributed by atoms with Crippen molar-refractivity contribution in [2.24, 2.45) is 5.92 Å². The molecular weight excluding hydrogens is 232 g/mol. The number of amides is 2. The van der Waals surface area contributed by atoms with Crippen molar-refractivity contribution < 1.29 is 14.3 Å². The van der Waals surface area contributed by atoms with E-state index in [1.54, 1.807) is 4.90 Å². The first-order valence-corrected chi connectivity index (χ1v) is 6.79. The van der Waals surface area contributed by atoms with Crippen molar-refractivity contribution in [1.82, 2.24) is 10.2 Å². The fourth-order valence-corrected chi connectivity index (χ4v) is 2.18. The number of nitrogens with one attached hydrogen (secondary N) is 1. The van der Waals surface area contributed by atoms with Crippen molar-refractivity contribution in [3.8, 4) is 0 Å². The maximum absolute atomic E-state index is 11.9. The standard InChI is InChI=1S/C13H24N2O3/c1-3-4-5-8-14-12(16)11-6-9-15(10-7-11)13(17)18-2/h11H,3-10H2,1-2H3,(H,14,16). The molecule has 0 saturated carbocycles. The Morgan fingerprint density at radius 2 is 1.94 bits per heavy atom. The minimum Gasteiger partial charge on any atom is -0.453 e. The predicted octanol–water partition coefficient (Wildman–Crippen LogP) is 1.77. The largest absolute Gasteiger partial charge is 0.453 e. The van der Waals surface area contributed by atoms with Crippen molar-refractivity contribution in [2.75, 3.05) is 26.7 Å². The molecule has 0 aromatic heterocycles. The summed E-state index contributed by atoms with van der Waals surface area (Å²) in [6, 6.07) is 0. The van der Waals surface area contributed by atoms with Crippen LogP contribution in [0.2, 0.25) is 0 Å². The molecule has 0 unspecified atom stereocenters. The molecule has 0 radical (unpaired) electrons. The second-order valence-corrected chi connectivity index (χ2v) is 4.73. The first-order valence-electron chi connectivity index (χ1n) is 6.79. The third-order valence-electron chi connectivity index (χ3n) is 3.38. The van der Waals surface area contributed by atoms with Crippen LogP contribution < -0.4 is 5.32 Å². The Kier molecular flexibility index (Phi) is 6.54. The fourth-order valence-electron chi connectivity index (χ4n) is 2.18. The highest BCUT2D eigenvalue weighted by molar-refractivity contribution is 5.79. The first-order chi connectivity index (χ1) is 8.69. The number of piperidine rings is 1. The lowest BCUT2D eigenvalue weighted by molar-refractivity contribution is -0.126. The van der Waals surface area contributed by atoms with Gasteiger partial charge >= 0.3 is 6.09 Å². The molecule has 0 aromatic carbocycles. The Morgan fingerprint density at radius 3 is 2.50 bits per heavy atom. The molecule has 5 nitrogen and oxygen atoms in total. The molecule has 18 heavy (non-hydrogen) atoms. The zero-order valence-electron chi connectivity index (χ0n) is 11.4. The Balaban J connectivity index is 2.21. The molecule has 1 aliphatic rings. The van der Waals surface area contributed by atoms with E-state index < -0.39 is 0 Å². The smallest absolute Gasteiger partial charge is 0.409 e. The molecule has 1 aliphatic heterocycles. The van der Waals surface area contributed by atoms with Crippen molar-refractivity contribution in [1.29, 1.82) is 0 Å². The summed E-state index contributed by atoms with van der Waals surface area (Å²) in [7, 11) is 1.38. The van der Waals surface area contributed by atoms with Crippen LogP contribution in [-0.2, 0) is 9.53 Å². The number of unbranched alkanes of at least 4 members (excludes halogenated alkanes) is 2. The number of carbonyl (C=O) groups excluding carboxylic acids is 2. The zero-order valence-corrected chi connectivity index (χ0v) is 11.4. The number of rotatable bonds is 5. The molecule has 0 bridgehead atoms. The molecule has 0 spiro atoms. The fraction of sp³-hybridized carbons (Fsp3) is 0.846. The van der Waals surface area contributed by atoms with Gasteiger partial charge in [0.05, 0.1) is 7.11 Å². The minimum absolute atomic E-state index is 0.0486. The van der Waals surface area contributed by atoms with Crippen molar-refractivity contribution in [2.45, 2.75) is 39.0 Å². The zero-order chi connectivity index (χ0) is 13.4. The van der Waals surface area contributed by atoms with Crippen molar-refractivity contribution in [3.05, 3.63) is 0 Å². The van der Waals surface area contributed by atoms with Gasteiger partial charge in [0.1, 0.15) is 0 Å². The highest BCUT2D eigenvalue weighted by atomic mass is 16.5. The highest BCUT2D eigenvalue weighted by Gasteiger charge is 2.27. The quantitative estimate of drug-likeness (QED) is 0.763. The van der Waals surface area contributed by atoms with Gasteiger partial charge in [-0.05, 0) is 19.3 Å². The van der Waals surface area contributed by atoms with Gasteiger partial charge < -0.3 is 15.0 Å². The molecule has 1 saturated heterocycles. The average molecular weight is 256 g/mol. The summed E-state index contributed by atoms with van der Waals surface area (Å²) >= 11 is 0. The van der Waals surface area contributed by atoms with Crippen LogP contribution in [0.3, 0.4) is 0 Å². The third kappa shape index (κ3) is 4.55. The number of likely N-dealkylation sites (tertiary alicyclic amines) is 1. The van der Waals surface area contributed by atoms with Crippen LogP contribution in [0.15, 0.2) is 0 Å². The van der Waals surface area contributed by atoms with Gasteiger partial charge in [0.25, 0.3) is 0 Å². The molecular formula is C13H24N2O3. The van der Waals surface area contributed by atoms with Crippen LogP contribution >= 0.6 is 0 Å². The van der Waals surface area contributed by atoms with Crippen LogP contribution in [0.4, 0.5) is 4.79 Å². The van der Waals surface area contributed by atoms with Gasteiger partial charge in [-0.2, -0.15) is 0 Å². The Morgan fingerprint density at radius 1 is 1.28 bits per heavy atom. The summed E-state index contributed by atoms with van der Waals surface area (Å²) in [5.74, 6) is 0.183. The lowest BCUT2D eigenvalue weighted by Gasteiger charge is -2.30. The Hall–Kier alpha value is -1.26. The summed E-state index contributed by atoms with van der Waals surface area (Å²) in [5.41, 5.74) is 0. The SMILES string of the molecule is CCCCCNC(=O)C1CCN(C(=O)OC)CC1. The molecule has 1 heterocycles. The topological polar surface area (TPSA) is 58.6 Å². The van der Waals surface area contributed by atoms with E-state index >= 15 is 0 Å². The van der Waals surface area contributed by atoms with E-state index in [-0.39, 0.29) is 17.9 Å². The number of hydrogen-bond acceptors (Lipinski definition) is 3. The van der Waals surface area contributed by atoms with Crippen LogP contribution in [0.1, 0.15) is 39.0 Å². The molecule has 5 heteroatoms. The van der Waals surface area contributed by atoms with Gasteiger partial charge in [-0.25, -0.2) is 4.79 Å². The van der Waals surface area contributed by atoms with E-state index in [4.69, 9.17) is 0 Å². The normalized spacial score (nSPS) is 16.4. The number of nitrogens with zero attached hydrogens (tertiary/aromatic N) is 1. The predicted molar refractivity (Wildman–Crippen MR) is 69.2 cm³/mol. The molecule has 1 fully saturated rings. The summed E-state index contributed by atoms with van der Waals surface area (Å²) in [4.78, 5) is 24.8. The highest BCUT2D eigenvalue weighted by Crippen LogP contribution is 2.17. The van der Waals surface area contributed by atoms with Gasteiger partial charge in [-0.15, -0.1) is 0 Å². The summed E-state index contributed by atoms with van der Waals surface area (Å²) < 4.78 is 4.66. The maximum atomic E-state index is 11.9. The molecule has 0 aromatic rings. The first kappa shape index (κ1) is 14.8. The Bertz CT molecular complexity index is 273. The maximum Gasteiger partial charge on any atom is 0.409 e. The van der Waals surface area contributed by atoms with Gasteiger partial charge in [0.2, 0.25) is 5.91 Å². The van der Waals surface area contributed by atoms with Crippen LogP contribution in [0.5, 0.6) is 0 Å². The lowest BCUT2D eigenvalue weighted by Crippen LogP contribution is -2.43. The van der Waals surface area contributed by atoms with Crippen LogP contribution in [-0.4, -0.2) is 43.6 Å². The number of ether oxygens (including phenoxy) is 1. The van der Waals surface area contributed by atoms with Crippen LogP contribution in [0, 0.1) is 5.92 Å². The summed E-state index contributed by atoms with van der Waals surface area (Å²) in [6.45, 7) is 4.13. The van der Waals surface area contributed by atoms with Crippen molar-refractivity contribution in [3.63, 3.8) is 0 Å². The molecule has 0 aliphatic carbocycles. The summed E-state index contributed by atoms with van der Waals surface area (Å²) in [6.07, 6.45) is 4.53. The number of carbonyl (C=O) groups is 2. The van der Waals surface area contributed by atoms with Crippen LogP contribution in [0.25, 0.3) is 0 Å². The molecule has 2 amide bonds. The van der Waals surface area contributed by atoms with E-state index in [2.05, 4.69) is 17.0 Å². The summed E-state index contributed by atoms with van der Waals surface area (Å²) in [5, 5.41) is 2.97. The average Bonchev–Trinajstić information content (AvgIpc) is 2.42. The van der Waals surface area contributed by atoms with Gasteiger partial charge in [-0.1, -0.05) is 19.8 Å². The number of methoxy groups -OCH3 is 1. The van der Waals surface area contributed by atoms with E-state index in [1.807, 2.05) is 0 Å². The molecule has 0 atom stereocenters. The van der Waals surface area contributed by atoms with E-state index in [9.17, 15) is 9.59 Å². The van der Waals surface area contributed by atoms with Gasteiger partial charge in [0, 0.05) is 25.6 Å². The second-order valence-electron chi connectivity index (χ2n) is 4.73. The number of hydrogen-bond donors (Lipinski definition) is 1. The van der Waals surface area contributed by atoms with E-state index in [0.717, 1.165) is 38.6 Å². The minimum atomic E-state index is -0.295. The molecule has 1 N–H and O–H groups in total. The Labute approximate surface area is 109 Å². The second kappa shape index (κ2) is 7.95. The third-order valence-corrected chi connectivity index (χ3v) is 3.38. The van der Waals surface area contributed by atoms with E-state index in [1.165, 1.54) is 7.11 Å². The van der Waals surface area contributed by atoms with Gasteiger partial charge in [-0.3, -0.25) is 4.79 Å². The lowest BCUT2D eigenvalue weighted by atomic mass is 9.96. The van der Waals surface area contributed by atoms with Crippen molar-refractivity contribution >= 4 is 12.0 Å². The van der Waals surface area contributed by atoms with E-state index in [0.29, 0.717) is 13.1 Å². The van der Waals surface area contributed by atoms with Gasteiger partial charge in [0.15, 0.2) is 0 Å². The molecule has 1 rings (SSSR count).